The number of hydrogen-bond donors (Lipinski definition) is 0. The molecule has 0 bridgehead atoms. The second kappa shape index (κ2) is 7.22. The molecule has 2 atom stereocenters. The number of thioether (sulfide) groups is 1. The first kappa shape index (κ1) is 16.2. The van der Waals surface area contributed by atoms with Gasteiger partial charge in [-0.2, -0.15) is 0 Å². The number of rotatable bonds is 6. The van der Waals surface area contributed by atoms with Gasteiger partial charge in [-0.25, -0.2) is 0 Å². The second-order valence-electron chi connectivity index (χ2n) is 5.10. The van der Waals surface area contributed by atoms with Gasteiger partial charge in [0.05, 0.1) is 0 Å². The summed E-state index contributed by atoms with van der Waals surface area (Å²) < 4.78 is 0. The minimum absolute atomic E-state index is 0.432. The predicted molar refractivity (Wildman–Crippen MR) is 87.7 cm³/mol. The number of hydrogen-bond acceptors (Lipinski definition) is 4. The molecule has 0 fully saturated rings. The van der Waals surface area contributed by atoms with Gasteiger partial charge in [-0.1, -0.05) is 48.0 Å². The molecule has 0 spiro atoms. The van der Waals surface area contributed by atoms with Gasteiger partial charge in [0.25, 0.3) is 6.04 Å². The molecule has 114 valence electrons. The zero-order valence-electron chi connectivity index (χ0n) is 12.4. The molecule has 0 saturated heterocycles. The number of aryl methyl sites for hydroxylation is 1. The number of carbonyl (C=O) groups excluding carboxylic acids is 1. The van der Waals surface area contributed by atoms with E-state index in [9.17, 15) is 14.9 Å². The number of Topliss-reactive ketones (excluding diaryl/α,β-unsaturated/α-hetero) is 1. The van der Waals surface area contributed by atoms with Crippen LogP contribution in [0, 0.1) is 17.0 Å². The third-order valence-corrected chi connectivity index (χ3v) is 4.67. The lowest BCUT2D eigenvalue weighted by Gasteiger charge is -2.19. The van der Waals surface area contributed by atoms with Gasteiger partial charge in [0, 0.05) is 16.7 Å². The molecule has 22 heavy (non-hydrogen) atoms. The third kappa shape index (κ3) is 3.95. The first-order chi connectivity index (χ1) is 10.5. The number of benzene rings is 2. The summed E-state index contributed by atoms with van der Waals surface area (Å²) in [5.41, 5.74) is 1.91. The second-order valence-corrected chi connectivity index (χ2v) is 6.32. The van der Waals surface area contributed by atoms with E-state index in [-0.39, 0.29) is 0 Å². The number of carbonyl (C=O) groups is 1. The summed E-state index contributed by atoms with van der Waals surface area (Å²) in [4.78, 5) is 23.6. The van der Waals surface area contributed by atoms with E-state index >= 15 is 0 Å². The molecule has 0 N–H and O–H groups in total. The largest absolute Gasteiger partial charge is 0.292 e. The number of ketones is 1. The molecular weight excluding hydrogens is 298 g/mol. The average Bonchev–Trinajstić information content (AvgIpc) is 2.49. The molecule has 2 aromatic rings. The lowest BCUT2D eigenvalue weighted by molar-refractivity contribution is -0.507. The first-order valence-corrected chi connectivity index (χ1v) is 7.79. The average molecular weight is 315 g/mol. The van der Waals surface area contributed by atoms with Crippen molar-refractivity contribution < 1.29 is 9.72 Å². The fourth-order valence-electron chi connectivity index (χ4n) is 2.19. The van der Waals surface area contributed by atoms with Crippen LogP contribution in [0.2, 0.25) is 0 Å². The topological polar surface area (TPSA) is 60.2 Å². The number of nitro groups is 1. The van der Waals surface area contributed by atoms with Crippen molar-refractivity contribution in [3.05, 3.63) is 75.8 Å². The van der Waals surface area contributed by atoms with Crippen LogP contribution in [-0.4, -0.2) is 16.7 Å². The van der Waals surface area contributed by atoms with Crippen LogP contribution in [0.3, 0.4) is 0 Å². The monoisotopic (exact) mass is 315 g/mol. The molecule has 4 nitrogen and oxygen atoms in total. The van der Waals surface area contributed by atoms with Crippen LogP contribution in [0.15, 0.2) is 59.5 Å². The predicted octanol–water partition coefficient (Wildman–Crippen LogP) is 4.06. The van der Waals surface area contributed by atoms with Gasteiger partial charge in [-0.05, 0) is 24.6 Å². The van der Waals surface area contributed by atoms with Gasteiger partial charge in [0.2, 0.25) is 5.78 Å². The van der Waals surface area contributed by atoms with E-state index in [0.29, 0.717) is 0 Å². The molecule has 0 aromatic heterocycles. The smallest absolute Gasteiger partial charge is 0.285 e. The van der Waals surface area contributed by atoms with Crippen LogP contribution < -0.4 is 0 Å². The zero-order chi connectivity index (χ0) is 16.1. The van der Waals surface area contributed by atoms with Gasteiger partial charge in [0.1, 0.15) is 5.25 Å². The van der Waals surface area contributed by atoms with Crippen LogP contribution in [0.25, 0.3) is 0 Å². The fourth-order valence-corrected chi connectivity index (χ4v) is 3.49. The fraction of sp³-hybridized carbons (Fsp3) is 0.235. The Hall–Kier alpha value is -2.14. The molecule has 0 aliphatic rings. The lowest BCUT2D eigenvalue weighted by Crippen LogP contribution is -2.32. The highest BCUT2D eigenvalue weighted by molar-refractivity contribution is 7.99. The number of nitrogens with zero attached hydrogens (tertiary/aromatic N) is 1. The summed E-state index contributed by atoms with van der Waals surface area (Å²) in [7, 11) is 0. The molecule has 5 heteroatoms. The van der Waals surface area contributed by atoms with Gasteiger partial charge >= 0.3 is 0 Å². The quantitative estimate of drug-likeness (QED) is 0.458. The Morgan fingerprint density at radius 3 is 2.18 bits per heavy atom. The molecule has 2 rings (SSSR count). The van der Waals surface area contributed by atoms with E-state index in [1.807, 2.05) is 61.5 Å². The summed E-state index contributed by atoms with van der Waals surface area (Å²) in [6.45, 7) is 3.26. The summed E-state index contributed by atoms with van der Waals surface area (Å²) in [6, 6.07) is 15.7. The third-order valence-electron chi connectivity index (χ3n) is 3.34. The van der Waals surface area contributed by atoms with E-state index in [1.165, 1.54) is 18.7 Å². The van der Waals surface area contributed by atoms with Crippen molar-refractivity contribution in [3.8, 4) is 0 Å². The summed E-state index contributed by atoms with van der Waals surface area (Å²) in [5, 5.41) is 10.8. The highest BCUT2D eigenvalue weighted by atomic mass is 32.2. The Balaban J connectivity index is 2.39. The van der Waals surface area contributed by atoms with E-state index < -0.39 is 22.0 Å². The Morgan fingerprint density at radius 1 is 1.09 bits per heavy atom. The molecule has 0 amide bonds. The zero-order valence-corrected chi connectivity index (χ0v) is 13.2. The maximum atomic E-state index is 11.8. The Bertz CT molecular complexity index is 641. The van der Waals surface area contributed by atoms with E-state index in [4.69, 9.17) is 0 Å². The highest BCUT2D eigenvalue weighted by Gasteiger charge is 2.37. The van der Waals surface area contributed by atoms with E-state index in [0.717, 1.165) is 16.0 Å². The minimum Gasteiger partial charge on any atom is -0.292 e. The van der Waals surface area contributed by atoms with Crippen molar-refractivity contribution >= 4 is 17.5 Å². The standard InChI is InChI=1S/C17H17NO3S/c1-12-8-10-15(11-9-12)22-17(14-6-4-3-5-7-14)16(13(2)19)18(20)21/h3-11,16-17H,1-2H3. The van der Waals surface area contributed by atoms with E-state index in [1.54, 1.807) is 0 Å². The van der Waals surface area contributed by atoms with Gasteiger partial charge in [0.15, 0.2) is 0 Å². The Kier molecular flexibility index (Phi) is 5.33. The summed E-state index contributed by atoms with van der Waals surface area (Å²) in [5.74, 6) is -0.432. The van der Waals surface area contributed by atoms with Crippen molar-refractivity contribution in [2.45, 2.75) is 30.0 Å². The van der Waals surface area contributed by atoms with Crippen LogP contribution >= 0.6 is 11.8 Å². The molecule has 0 saturated carbocycles. The molecular formula is C17H17NO3S. The first-order valence-electron chi connectivity index (χ1n) is 6.91. The Labute approximate surface area is 133 Å². The van der Waals surface area contributed by atoms with Crippen LogP contribution in [0.5, 0.6) is 0 Å². The van der Waals surface area contributed by atoms with Crippen LogP contribution in [0.1, 0.15) is 23.3 Å². The van der Waals surface area contributed by atoms with Gasteiger partial charge in [-0.15, -0.1) is 11.8 Å². The molecule has 0 heterocycles. The van der Waals surface area contributed by atoms with Crippen LogP contribution in [-0.2, 0) is 4.79 Å². The van der Waals surface area contributed by atoms with Gasteiger partial charge < -0.3 is 0 Å². The summed E-state index contributed by atoms with van der Waals surface area (Å²) in [6.07, 6.45) is 0. The highest BCUT2D eigenvalue weighted by Crippen LogP contribution is 2.39. The molecule has 2 aromatic carbocycles. The van der Waals surface area contributed by atoms with Crippen molar-refractivity contribution in [2.75, 3.05) is 0 Å². The Morgan fingerprint density at radius 2 is 1.68 bits per heavy atom. The molecule has 0 aliphatic carbocycles. The van der Waals surface area contributed by atoms with E-state index in [2.05, 4.69) is 0 Å². The van der Waals surface area contributed by atoms with Crippen molar-refractivity contribution in [1.29, 1.82) is 0 Å². The summed E-state index contributed by atoms with van der Waals surface area (Å²) >= 11 is 1.35. The molecule has 0 radical (unpaired) electrons. The van der Waals surface area contributed by atoms with Crippen molar-refractivity contribution in [3.63, 3.8) is 0 Å². The maximum absolute atomic E-state index is 11.8. The van der Waals surface area contributed by atoms with Crippen molar-refractivity contribution in [1.82, 2.24) is 0 Å². The normalized spacial score (nSPS) is 13.4. The van der Waals surface area contributed by atoms with Crippen molar-refractivity contribution in [2.24, 2.45) is 0 Å². The lowest BCUT2D eigenvalue weighted by atomic mass is 10.0. The minimum atomic E-state index is -1.26. The molecule has 2 unspecified atom stereocenters. The molecule has 0 aliphatic heterocycles. The van der Waals surface area contributed by atoms with Crippen LogP contribution in [0.4, 0.5) is 0 Å². The van der Waals surface area contributed by atoms with Gasteiger partial charge in [-0.3, -0.25) is 14.9 Å². The maximum Gasteiger partial charge on any atom is 0.285 e. The SMILES string of the molecule is CC(=O)C(C(Sc1ccc(C)cc1)c1ccccc1)[N+](=O)[O-].